The summed E-state index contributed by atoms with van der Waals surface area (Å²) in [5.74, 6) is -1.16. The first-order chi connectivity index (χ1) is 15.4. The van der Waals surface area contributed by atoms with Crippen LogP contribution >= 0.6 is 11.3 Å². The Morgan fingerprint density at radius 2 is 1.88 bits per heavy atom. The van der Waals surface area contributed by atoms with Gasteiger partial charge in [0, 0.05) is 12.2 Å². The zero-order chi connectivity index (χ0) is 23.1. The van der Waals surface area contributed by atoms with Crippen LogP contribution < -0.4 is 15.0 Å². The minimum absolute atomic E-state index is 0.0123. The number of carbonyl (C=O) groups excluding carboxylic acids is 1. The number of benzene rings is 2. The number of ether oxygens (including phenoxy) is 1. The van der Waals surface area contributed by atoms with Crippen molar-refractivity contribution >= 4 is 38.6 Å². The molecule has 0 aliphatic rings. The molecule has 1 aromatic heterocycles. The highest BCUT2D eigenvalue weighted by molar-refractivity contribution is 7.72. The fourth-order valence-electron chi connectivity index (χ4n) is 2.76. The molecule has 2 aromatic carbocycles. The van der Waals surface area contributed by atoms with Crippen molar-refractivity contribution in [2.45, 2.75) is 13.2 Å². The van der Waals surface area contributed by atoms with Crippen LogP contribution in [-0.2, 0) is 17.2 Å². The molecule has 0 spiro atoms. The van der Waals surface area contributed by atoms with E-state index in [4.69, 9.17) is 5.26 Å². The summed E-state index contributed by atoms with van der Waals surface area (Å²) in [6, 6.07) is 14.7. The van der Waals surface area contributed by atoms with E-state index in [2.05, 4.69) is 15.0 Å². The lowest BCUT2D eigenvalue weighted by Gasteiger charge is -2.24. The van der Waals surface area contributed by atoms with E-state index >= 15 is 0 Å². The summed E-state index contributed by atoms with van der Waals surface area (Å²) in [4.78, 5) is 18.3. The summed E-state index contributed by atoms with van der Waals surface area (Å²) in [6.45, 7) is -2.70. The topological polar surface area (TPSA) is 112 Å². The van der Waals surface area contributed by atoms with Gasteiger partial charge in [-0.3, -0.25) is 4.79 Å². The van der Waals surface area contributed by atoms with Gasteiger partial charge in [-0.15, -0.1) is 11.3 Å². The molecule has 0 bridgehead atoms. The van der Waals surface area contributed by atoms with Crippen molar-refractivity contribution in [1.82, 2.24) is 10.3 Å². The number of nitrogens with one attached hydrogen (secondary N) is 1. The Balaban J connectivity index is 1.94. The maximum absolute atomic E-state index is 12.5. The lowest BCUT2D eigenvalue weighted by atomic mass is 10.1. The van der Waals surface area contributed by atoms with E-state index in [1.165, 1.54) is 29.0 Å². The second-order valence-electron chi connectivity index (χ2n) is 6.27. The summed E-state index contributed by atoms with van der Waals surface area (Å²) in [5.41, 5.74) is 3.30. The molecule has 3 rings (SSSR count). The van der Waals surface area contributed by atoms with Crippen LogP contribution in [0.15, 0.2) is 54.0 Å². The first-order valence-electron chi connectivity index (χ1n) is 9.02. The molecular formula is C20H16F2N4O4S2. The molecule has 0 aliphatic carbocycles. The van der Waals surface area contributed by atoms with Crippen LogP contribution in [0, 0.1) is 11.3 Å². The number of nitriles is 1. The molecule has 8 nitrogen and oxygen atoms in total. The van der Waals surface area contributed by atoms with Crippen LogP contribution in [0.3, 0.4) is 0 Å². The fourth-order valence-corrected chi connectivity index (χ4v) is 3.85. The molecule has 32 heavy (non-hydrogen) atoms. The summed E-state index contributed by atoms with van der Waals surface area (Å²) in [5, 5.41) is 11.8. The zero-order valence-corrected chi connectivity index (χ0v) is 18.0. The number of thiol groups is 1. The third kappa shape index (κ3) is 5.99. The van der Waals surface area contributed by atoms with Crippen LogP contribution in [0.25, 0.3) is 0 Å². The summed E-state index contributed by atoms with van der Waals surface area (Å²) < 4.78 is 50.8. The molecule has 0 radical (unpaired) electrons. The molecule has 12 heteroatoms. The average molecular weight is 479 g/mol. The van der Waals surface area contributed by atoms with Crippen molar-refractivity contribution in [2.75, 3.05) is 10.8 Å². The molecule has 1 amide bonds. The van der Waals surface area contributed by atoms with Gasteiger partial charge in [0.25, 0.3) is 5.91 Å². The van der Waals surface area contributed by atoms with Crippen LogP contribution in [-0.4, -0.2) is 31.8 Å². The quantitative estimate of drug-likeness (QED) is 0.454. The molecule has 0 saturated carbocycles. The highest BCUT2D eigenvalue weighted by Gasteiger charge is 2.22. The molecule has 1 N–H and O–H groups in total. The van der Waals surface area contributed by atoms with Crippen LogP contribution in [0.4, 0.5) is 19.5 Å². The first-order valence-corrected chi connectivity index (χ1v) is 11.3. The van der Waals surface area contributed by atoms with Crippen molar-refractivity contribution in [2.24, 2.45) is 0 Å². The Hall–Kier alpha value is -3.56. The van der Waals surface area contributed by atoms with Gasteiger partial charge in [0.05, 0.1) is 17.1 Å². The third-order valence-electron chi connectivity index (χ3n) is 4.17. The molecule has 0 fully saturated rings. The second-order valence-corrected chi connectivity index (χ2v) is 8.09. The molecule has 1 heterocycles. The molecular weight excluding hydrogens is 462 g/mol. The van der Waals surface area contributed by atoms with Crippen LogP contribution in [0.5, 0.6) is 5.75 Å². The number of nitrogens with zero attached hydrogens (tertiary/aromatic N) is 3. The molecule has 0 atom stereocenters. The van der Waals surface area contributed by atoms with Crippen molar-refractivity contribution in [3.63, 3.8) is 0 Å². The largest absolute Gasteiger partial charge is 0.435 e. The fraction of sp³-hybridized carbons (Fsp3) is 0.150. The Labute approximate surface area is 187 Å². The van der Waals surface area contributed by atoms with Gasteiger partial charge in [-0.1, -0.05) is 12.1 Å². The van der Waals surface area contributed by atoms with Gasteiger partial charge in [-0.05, 0) is 42.0 Å². The minimum Gasteiger partial charge on any atom is -0.435 e. The Bertz CT molecular complexity index is 1180. The van der Waals surface area contributed by atoms with E-state index in [1.54, 1.807) is 41.3 Å². The van der Waals surface area contributed by atoms with Crippen LogP contribution in [0.1, 0.15) is 21.6 Å². The summed E-state index contributed by atoms with van der Waals surface area (Å²) in [7, 11) is -2.80. The molecule has 166 valence electrons. The number of anilines is 2. The Kier molecular flexibility index (Phi) is 7.69. The molecule has 0 unspecified atom stereocenters. The predicted octanol–water partition coefficient (Wildman–Crippen LogP) is 3.25. The lowest BCUT2D eigenvalue weighted by molar-refractivity contribution is -0.0498. The Morgan fingerprint density at radius 1 is 1.19 bits per heavy atom. The van der Waals surface area contributed by atoms with Gasteiger partial charge in [-0.2, -0.15) is 14.0 Å². The van der Waals surface area contributed by atoms with Crippen molar-refractivity contribution in [3.8, 4) is 11.8 Å². The monoisotopic (exact) mass is 478 g/mol. The number of thiazole rings is 1. The average Bonchev–Trinajstić information content (AvgIpc) is 3.26. The van der Waals surface area contributed by atoms with Crippen LogP contribution in [0.2, 0.25) is 0 Å². The summed E-state index contributed by atoms with van der Waals surface area (Å²) >= 11 is 1.17. The van der Waals surface area contributed by atoms with E-state index in [1.807, 2.05) is 6.07 Å². The van der Waals surface area contributed by atoms with Gasteiger partial charge < -0.3 is 15.0 Å². The highest BCUT2D eigenvalue weighted by atomic mass is 32.2. The Morgan fingerprint density at radius 3 is 2.47 bits per heavy atom. The number of rotatable bonds is 9. The number of halogens is 2. The molecule has 0 saturated heterocycles. The van der Waals surface area contributed by atoms with Crippen molar-refractivity contribution in [3.05, 3.63) is 70.9 Å². The maximum atomic E-state index is 12.5. The van der Waals surface area contributed by atoms with E-state index < -0.39 is 29.1 Å². The third-order valence-corrected chi connectivity index (χ3v) is 5.44. The number of hydrogen-bond acceptors (Lipinski definition) is 8. The smallest absolute Gasteiger partial charge is 0.387 e. The summed E-state index contributed by atoms with van der Waals surface area (Å²) in [6.07, 6.45) is 0. The van der Waals surface area contributed by atoms with Gasteiger partial charge in [0.2, 0.25) is 0 Å². The first kappa shape index (κ1) is 23.1. The SMILES string of the molecule is N#Cc1ccc(N(Cc2ccc(OC(F)F)cc2)c2scnc2C(=O)NC[SH](=O)=O)cc1. The number of hydrogen-bond donors (Lipinski definition) is 2. The van der Waals surface area contributed by atoms with Gasteiger partial charge in [0.15, 0.2) is 16.4 Å². The normalized spacial score (nSPS) is 10.7. The van der Waals surface area contributed by atoms with Gasteiger partial charge in [-0.25, -0.2) is 13.4 Å². The second kappa shape index (κ2) is 10.7. The highest BCUT2D eigenvalue weighted by Crippen LogP contribution is 2.34. The number of aromatic nitrogens is 1. The van der Waals surface area contributed by atoms with Gasteiger partial charge in [0.1, 0.15) is 16.6 Å². The molecule has 0 aliphatic heterocycles. The standard InChI is InChI=1S/C20H16F2N4O4S2/c21-20(22)30-16-7-3-14(4-8-16)10-26(15-5-1-13(9-23)2-6-15)19-17(24-11-31-19)18(27)25-12-32(28)29/h1-8,11,20,32H,10,12H2,(H,25,27). The maximum Gasteiger partial charge on any atom is 0.387 e. The zero-order valence-electron chi connectivity index (χ0n) is 16.3. The minimum atomic E-state index is -2.93. The van der Waals surface area contributed by atoms with Gasteiger partial charge >= 0.3 is 6.61 Å². The number of alkyl halides is 2. The predicted molar refractivity (Wildman–Crippen MR) is 115 cm³/mol. The number of amides is 1. The van der Waals surface area contributed by atoms with E-state index in [9.17, 15) is 22.0 Å². The van der Waals surface area contributed by atoms with Crippen molar-refractivity contribution in [1.29, 1.82) is 5.26 Å². The van der Waals surface area contributed by atoms with E-state index in [0.29, 0.717) is 16.3 Å². The number of carbonyl (C=O) groups is 1. The van der Waals surface area contributed by atoms with Crippen molar-refractivity contribution < 1.29 is 26.7 Å². The lowest BCUT2D eigenvalue weighted by Crippen LogP contribution is -2.27. The van der Waals surface area contributed by atoms with E-state index in [0.717, 1.165) is 5.56 Å². The molecule has 3 aromatic rings. The van der Waals surface area contributed by atoms with E-state index in [-0.39, 0.29) is 18.0 Å².